The lowest BCUT2D eigenvalue weighted by Gasteiger charge is -2.62. The van der Waals surface area contributed by atoms with E-state index in [9.17, 15) is 5.11 Å². The fourth-order valence-electron chi connectivity index (χ4n) is 2.66. The van der Waals surface area contributed by atoms with Gasteiger partial charge in [-0.15, -0.1) is 0 Å². The van der Waals surface area contributed by atoms with Gasteiger partial charge in [0.05, 0.1) is 13.2 Å². The average molecular weight is 263 g/mol. The van der Waals surface area contributed by atoms with Gasteiger partial charge < -0.3 is 9.84 Å². The van der Waals surface area contributed by atoms with Gasteiger partial charge in [-0.25, -0.2) is 0 Å². The van der Waals surface area contributed by atoms with E-state index in [1.54, 1.807) is 7.11 Å². The molecule has 1 atom stereocenters. The molecule has 1 fully saturated rings. The Bertz CT molecular complexity index is 454. The highest BCUT2D eigenvalue weighted by molar-refractivity contribution is 5.30. The number of aliphatic hydroxyl groups excluding tert-OH is 1. The van der Waals surface area contributed by atoms with E-state index < -0.39 is 6.10 Å². The molecule has 0 bridgehead atoms. The van der Waals surface area contributed by atoms with Crippen LogP contribution in [0.5, 0.6) is 5.75 Å². The van der Waals surface area contributed by atoms with Crippen LogP contribution in [0.3, 0.4) is 0 Å². The Balaban J connectivity index is 2.04. The van der Waals surface area contributed by atoms with Crippen molar-refractivity contribution in [2.75, 3.05) is 20.2 Å². The molecule has 1 aromatic rings. The van der Waals surface area contributed by atoms with E-state index in [1.807, 2.05) is 24.3 Å². The molecule has 3 heteroatoms. The van der Waals surface area contributed by atoms with Crippen LogP contribution in [0.25, 0.3) is 0 Å². The van der Waals surface area contributed by atoms with Gasteiger partial charge in [0.15, 0.2) is 0 Å². The topological polar surface area (TPSA) is 32.7 Å². The summed E-state index contributed by atoms with van der Waals surface area (Å²) in [7, 11) is 1.65. The highest BCUT2D eigenvalue weighted by atomic mass is 16.5. The number of rotatable bonds is 4. The maximum Gasteiger partial charge on any atom is 0.119 e. The van der Waals surface area contributed by atoms with Crippen LogP contribution in [0.2, 0.25) is 0 Å². The molecule has 1 saturated heterocycles. The number of nitrogens with zero attached hydrogens (tertiary/aromatic N) is 1. The van der Waals surface area contributed by atoms with E-state index in [1.165, 1.54) is 0 Å². The molecule has 1 aliphatic rings. The molecule has 1 unspecified atom stereocenters. The summed E-state index contributed by atoms with van der Waals surface area (Å²) < 4.78 is 5.20. The standard InChI is InChI=1S/C16H25NO2/c1-15(2)11-17(16(15,3)4)10-14(18)12-7-6-8-13(9-12)19-5/h6-9,14,18H,10-11H2,1-5H3. The van der Waals surface area contributed by atoms with Gasteiger partial charge in [0.2, 0.25) is 0 Å². The van der Waals surface area contributed by atoms with Crippen LogP contribution < -0.4 is 4.74 Å². The third-order valence-corrected chi connectivity index (χ3v) is 4.90. The van der Waals surface area contributed by atoms with Gasteiger partial charge in [-0.05, 0) is 37.0 Å². The number of methoxy groups -OCH3 is 1. The summed E-state index contributed by atoms with van der Waals surface area (Å²) in [5.41, 5.74) is 1.35. The first kappa shape index (κ1) is 14.4. The van der Waals surface area contributed by atoms with Gasteiger partial charge in [0.25, 0.3) is 0 Å². The Morgan fingerprint density at radius 3 is 2.53 bits per heavy atom. The third kappa shape index (κ3) is 2.49. The van der Waals surface area contributed by atoms with Crippen LogP contribution >= 0.6 is 0 Å². The maximum atomic E-state index is 10.4. The number of β-amino-alcohol motifs (C(OH)–C–C–N with tert-alkyl or cyclic N) is 1. The Kier molecular flexibility index (Phi) is 3.63. The number of hydrogen-bond acceptors (Lipinski definition) is 3. The second-order valence-corrected chi connectivity index (χ2v) is 6.62. The number of likely N-dealkylation sites (tertiary alicyclic amines) is 1. The highest BCUT2D eigenvalue weighted by Crippen LogP contribution is 2.46. The highest BCUT2D eigenvalue weighted by Gasteiger charge is 2.52. The zero-order valence-electron chi connectivity index (χ0n) is 12.6. The summed E-state index contributed by atoms with van der Waals surface area (Å²) in [6, 6.07) is 7.67. The zero-order chi connectivity index (χ0) is 14.3. The zero-order valence-corrected chi connectivity index (χ0v) is 12.6. The lowest BCUT2D eigenvalue weighted by atomic mass is 9.65. The van der Waals surface area contributed by atoms with Crippen LogP contribution in [0.4, 0.5) is 0 Å². The van der Waals surface area contributed by atoms with E-state index in [0.717, 1.165) is 17.9 Å². The SMILES string of the molecule is COc1cccc(C(O)CN2CC(C)(C)C2(C)C)c1. The summed E-state index contributed by atoms with van der Waals surface area (Å²) in [5.74, 6) is 0.791. The molecule has 0 aromatic heterocycles. The fourth-order valence-corrected chi connectivity index (χ4v) is 2.66. The Labute approximate surface area is 116 Å². The van der Waals surface area contributed by atoms with Crippen LogP contribution in [0.15, 0.2) is 24.3 Å². The van der Waals surface area contributed by atoms with Crippen molar-refractivity contribution in [2.24, 2.45) is 5.41 Å². The van der Waals surface area contributed by atoms with E-state index in [-0.39, 0.29) is 5.54 Å². The Morgan fingerprint density at radius 2 is 2.00 bits per heavy atom. The lowest BCUT2D eigenvalue weighted by Crippen LogP contribution is -2.69. The second-order valence-electron chi connectivity index (χ2n) is 6.62. The first-order valence-electron chi connectivity index (χ1n) is 6.85. The normalized spacial score (nSPS) is 22.6. The first-order chi connectivity index (χ1) is 8.78. The van der Waals surface area contributed by atoms with Gasteiger partial charge in [0.1, 0.15) is 5.75 Å². The molecular formula is C16H25NO2. The minimum absolute atomic E-state index is 0.132. The quantitative estimate of drug-likeness (QED) is 0.906. The van der Waals surface area contributed by atoms with E-state index >= 15 is 0 Å². The number of hydrogen-bond donors (Lipinski definition) is 1. The van der Waals surface area contributed by atoms with Crippen LogP contribution in [0, 0.1) is 5.41 Å². The Hall–Kier alpha value is -1.06. The molecule has 1 N–H and O–H groups in total. The molecule has 1 aromatic carbocycles. The van der Waals surface area contributed by atoms with Crippen LogP contribution in [0.1, 0.15) is 39.4 Å². The number of ether oxygens (including phenoxy) is 1. The van der Waals surface area contributed by atoms with Crippen molar-refractivity contribution in [3.05, 3.63) is 29.8 Å². The Morgan fingerprint density at radius 1 is 1.32 bits per heavy atom. The van der Waals surface area contributed by atoms with Crippen molar-refractivity contribution in [3.63, 3.8) is 0 Å². The van der Waals surface area contributed by atoms with Crippen LogP contribution in [-0.2, 0) is 0 Å². The lowest BCUT2D eigenvalue weighted by molar-refractivity contribution is -0.131. The molecular weight excluding hydrogens is 238 g/mol. The van der Waals surface area contributed by atoms with E-state index in [0.29, 0.717) is 12.0 Å². The predicted octanol–water partition coefficient (Wildman–Crippen LogP) is 2.85. The molecule has 0 saturated carbocycles. The minimum atomic E-state index is -0.467. The second kappa shape index (κ2) is 4.80. The molecule has 0 aliphatic carbocycles. The average Bonchev–Trinajstić information content (AvgIpc) is 2.37. The van der Waals surface area contributed by atoms with Crippen molar-refractivity contribution in [3.8, 4) is 5.75 Å². The molecule has 0 spiro atoms. The molecule has 0 amide bonds. The summed E-state index contributed by atoms with van der Waals surface area (Å²) >= 11 is 0. The van der Waals surface area contributed by atoms with E-state index in [2.05, 4.69) is 32.6 Å². The monoisotopic (exact) mass is 263 g/mol. The van der Waals surface area contributed by atoms with Gasteiger partial charge in [-0.3, -0.25) is 4.90 Å². The first-order valence-corrected chi connectivity index (χ1v) is 6.85. The van der Waals surface area contributed by atoms with Gasteiger partial charge in [0, 0.05) is 18.6 Å². The summed E-state index contributed by atoms with van der Waals surface area (Å²) in [4.78, 5) is 2.34. The summed E-state index contributed by atoms with van der Waals surface area (Å²) in [6.45, 7) is 10.7. The summed E-state index contributed by atoms with van der Waals surface area (Å²) in [6.07, 6.45) is -0.467. The van der Waals surface area contributed by atoms with Gasteiger partial charge >= 0.3 is 0 Å². The number of benzene rings is 1. The molecule has 19 heavy (non-hydrogen) atoms. The third-order valence-electron chi connectivity index (χ3n) is 4.90. The van der Waals surface area contributed by atoms with Crippen molar-refractivity contribution >= 4 is 0 Å². The predicted molar refractivity (Wildman–Crippen MR) is 77.4 cm³/mol. The largest absolute Gasteiger partial charge is 0.497 e. The summed E-state index contributed by atoms with van der Waals surface area (Å²) in [5, 5.41) is 10.4. The molecule has 106 valence electrons. The van der Waals surface area contributed by atoms with Gasteiger partial charge in [-0.1, -0.05) is 26.0 Å². The van der Waals surface area contributed by atoms with Crippen molar-refractivity contribution in [1.82, 2.24) is 4.90 Å². The molecule has 2 rings (SSSR count). The molecule has 1 heterocycles. The molecule has 3 nitrogen and oxygen atoms in total. The van der Waals surface area contributed by atoms with Gasteiger partial charge in [-0.2, -0.15) is 0 Å². The smallest absolute Gasteiger partial charge is 0.119 e. The van der Waals surface area contributed by atoms with Crippen molar-refractivity contribution < 1.29 is 9.84 Å². The van der Waals surface area contributed by atoms with Crippen molar-refractivity contribution in [2.45, 2.75) is 39.3 Å². The van der Waals surface area contributed by atoms with E-state index in [4.69, 9.17) is 4.74 Å². The maximum absolute atomic E-state index is 10.4. The molecule has 1 aliphatic heterocycles. The number of aliphatic hydroxyl groups is 1. The molecule has 0 radical (unpaired) electrons. The minimum Gasteiger partial charge on any atom is -0.497 e. The van der Waals surface area contributed by atoms with Crippen LogP contribution in [-0.4, -0.2) is 35.7 Å². The fraction of sp³-hybridized carbons (Fsp3) is 0.625. The van der Waals surface area contributed by atoms with Crippen molar-refractivity contribution in [1.29, 1.82) is 0 Å².